The maximum Gasteiger partial charge on any atom is 0.1000 e. The second-order valence-electron chi connectivity index (χ2n) is 8.24. The second kappa shape index (κ2) is 7.88. The first-order chi connectivity index (χ1) is 10.1. The molecule has 126 valence electrons. The molecule has 1 aromatic rings. The van der Waals surface area contributed by atoms with Gasteiger partial charge in [0.2, 0.25) is 0 Å². The number of nitrogens with zero attached hydrogens (tertiary/aromatic N) is 2. The van der Waals surface area contributed by atoms with Gasteiger partial charge in [0.05, 0.1) is 27.9 Å². The molecule has 0 atom stereocenters. The molecule has 0 saturated heterocycles. The SMILES string of the molecule is CCN(CC)Cc1cccc(C[PH+](C(C)(C)C)C(C)(C)C)n1. The molecular formula is C19H36N2P+. The minimum absolute atomic E-state index is 0.388. The predicted octanol–water partition coefficient (Wildman–Crippen LogP) is 5.23. The van der Waals surface area contributed by atoms with Crippen molar-refractivity contribution >= 4 is 7.92 Å². The molecule has 0 spiro atoms. The van der Waals surface area contributed by atoms with Gasteiger partial charge in [-0.25, -0.2) is 0 Å². The van der Waals surface area contributed by atoms with Gasteiger partial charge in [-0.1, -0.05) is 19.9 Å². The molecule has 0 saturated carbocycles. The van der Waals surface area contributed by atoms with Crippen molar-refractivity contribution in [2.75, 3.05) is 13.1 Å². The lowest BCUT2D eigenvalue weighted by atomic mass is 10.2. The first-order valence-electron chi connectivity index (χ1n) is 8.61. The monoisotopic (exact) mass is 323 g/mol. The van der Waals surface area contributed by atoms with Gasteiger partial charge in [0, 0.05) is 14.5 Å². The zero-order valence-corrected chi connectivity index (χ0v) is 17.0. The topological polar surface area (TPSA) is 16.1 Å². The van der Waals surface area contributed by atoms with Gasteiger partial charge in [0.1, 0.15) is 0 Å². The minimum atomic E-state index is -0.559. The van der Waals surface area contributed by atoms with Crippen LogP contribution in [0.25, 0.3) is 0 Å². The van der Waals surface area contributed by atoms with Gasteiger partial charge in [-0.05, 0) is 66.8 Å². The fraction of sp³-hybridized carbons (Fsp3) is 0.737. The molecule has 1 heterocycles. The summed E-state index contributed by atoms with van der Waals surface area (Å²) in [7, 11) is -0.559. The summed E-state index contributed by atoms with van der Waals surface area (Å²) in [6.45, 7) is 21.9. The maximum absolute atomic E-state index is 4.96. The van der Waals surface area contributed by atoms with E-state index in [1.165, 1.54) is 11.4 Å². The number of hydrogen-bond acceptors (Lipinski definition) is 2. The largest absolute Gasteiger partial charge is 0.298 e. The Bertz CT molecular complexity index is 439. The Balaban J connectivity index is 2.93. The van der Waals surface area contributed by atoms with Crippen LogP contribution in [-0.2, 0) is 12.7 Å². The highest BCUT2D eigenvalue weighted by Crippen LogP contribution is 2.60. The molecule has 3 heteroatoms. The standard InChI is InChI=1S/C19H35N2P/c1-9-21(10-2)14-16-12-11-13-17(20-16)15-22(18(3,4)5)19(6,7)8/h11-13H,9-10,14-15H2,1-8H3/p+1. The van der Waals surface area contributed by atoms with Crippen LogP contribution in [0.5, 0.6) is 0 Å². The van der Waals surface area contributed by atoms with E-state index in [0.717, 1.165) is 25.8 Å². The number of hydrogen-bond donors (Lipinski definition) is 0. The van der Waals surface area contributed by atoms with Crippen LogP contribution in [0.2, 0.25) is 0 Å². The fourth-order valence-corrected chi connectivity index (χ4v) is 7.10. The molecule has 0 N–H and O–H groups in total. The van der Waals surface area contributed by atoms with E-state index in [4.69, 9.17) is 4.98 Å². The minimum Gasteiger partial charge on any atom is -0.298 e. The molecule has 0 fully saturated rings. The van der Waals surface area contributed by atoms with Crippen LogP contribution in [0.15, 0.2) is 18.2 Å². The number of rotatable bonds is 6. The predicted molar refractivity (Wildman–Crippen MR) is 102 cm³/mol. The Labute approximate surface area is 139 Å². The van der Waals surface area contributed by atoms with E-state index in [9.17, 15) is 0 Å². The van der Waals surface area contributed by atoms with Crippen LogP contribution < -0.4 is 0 Å². The third kappa shape index (κ3) is 5.97. The lowest BCUT2D eigenvalue weighted by molar-refractivity contribution is 0.292. The highest BCUT2D eigenvalue weighted by atomic mass is 31.1. The van der Waals surface area contributed by atoms with Gasteiger partial charge in [0.15, 0.2) is 0 Å². The van der Waals surface area contributed by atoms with Gasteiger partial charge in [-0.15, -0.1) is 0 Å². The Morgan fingerprint density at radius 2 is 1.41 bits per heavy atom. The first-order valence-corrected chi connectivity index (χ1v) is 10.3. The second-order valence-corrected chi connectivity index (χ2v) is 12.5. The van der Waals surface area contributed by atoms with Crippen molar-refractivity contribution in [2.45, 2.75) is 78.4 Å². The quantitative estimate of drug-likeness (QED) is 0.666. The van der Waals surface area contributed by atoms with Crippen molar-refractivity contribution in [1.29, 1.82) is 0 Å². The van der Waals surface area contributed by atoms with Crippen LogP contribution in [0.1, 0.15) is 66.8 Å². The van der Waals surface area contributed by atoms with Gasteiger partial charge < -0.3 is 0 Å². The normalized spacial score (nSPS) is 13.2. The Morgan fingerprint density at radius 3 is 1.86 bits per heavy atom. The van der Waals surface area contributed by atoms with Crippen molar-refractivity contribution in [3.63, 3.8) is 0 Å². The fourth-order valence-electron chi connectivity index (χ4n) is 3.23. The van der Waals surface area contributed by atoms with Crippen LogP contribution in [0, 0.1) is 0 Å². The van der Waals surface area contributed by atoms with Crippen LogP contribution in [0.4, 0.5) is 0 Å². The van der Waals surface area contributed by atoms with Crippen LogP contribution >= 0.6 is 7.92 Å². The highest BCUT2D eigenvalue weighted by Gasteiger charge is 2.42. The van der Waals surface area contributed by atoms with E-state index in [2.05, 4.69) is 78.5 Å². The molecule has 0 unspecified atom stereocenters. The molecular weight excluding hydrogens is 287 g/mol. The molecule has 0 aliphatic heterocycles. The third-order valence-electron chi connectivity index (χ3n) is 4.31. The molecule has 0 bridgehead atoms. The van der Waals surface area contributed by atoms with E-state index >= 15 is 0 Å². The summed E-state index contributed by atoms with van der Waals surface area (Å²) in [6.07, 6.45) is 1.16. The Kier molecular flexibility index (Phi) is 7.02. The lowest BCUT2D eigenvalue weighted by Crippen LogP contribution is -2.26. The van der Waals surface area contributed by atoms with Crippen molar-refractivity contribution < 1.29 is 0 Å². The zero-order chi connectivity index (χ0) is 17.0. The Morgan fingerprint density at radius 1 is 0.909 bits per heavy atom. The summed E-state index contributed by atoms with van der Waals surface area (Å²) in [4.78, 5) is 7.38. The van der Waals surface area contributed by atoms with Gasteiger partial charge >= 0.3 is 0 Å². The molecule has 0 aliphatic carbocycles. The van der Waals surface area contributed by atoms with Crippen molar-refractivity contribution in [3.8, 4) is 0 Å². The average molecular weight is 323 g/mol. The van der Waals surface area contributed by atoms with Gasteiger partial charge in [-0.3, -0.25) is 9.88 Å². The molecule has 0 aliphatic rings. The zero-order valence-electron chi connectivity index (χ0n) is 16.0. The molecule has 0 radical (unpaired) electrons. The lowest BCUT2D eigenvalue weighted by Gasteiger charge is -2.34. The van der Waals surface area contributed by atoms with E-state index in [0.29, 0.717) is 10.3 Å². The number of aromatic nitrogens is 1. The van der Waals surface area contributed by atoms with Gasteiger partial charge in [-0.2, -0.15) is 0 Å². The molecule has 2 nitrogen and oxygen atoms in total. The van der Waals surface area contributed by atoms with Crippen molar-refractivity contribution in [1.82, 2.24) is 9.88 Å². The molecule has 22 heavy (non-hydrogen) atoms. The van der Waals surface area contributed by atoms with E-state index in [1.54, 1.807) is 0 Å². The summed E-state index contributed by atoms with van der Waals surface area (Å²) in [5.74, 6) is 0. The van der Waals surface area contributed by atoms with E-state index < -0.39 is 7.92 Å². The molecule has 1 rings (SSSR count). The molecule has 0 aromatic carbocycles. The van der Waals surface area contributed by atoms with Crippen LogP contribution in [-0.4, -0.2) is 33.3 Å². The number of pyridine rings is 1. The summed E-state index contributed by atoms with van der Waals surface area (Å²) in [5, 5.41) is 0.777. The van der Waals surface area contributed by atoms with Crippen LogP contribution in [0.3, 0.4) is 0 Å². The first kappa shape index (κ1) is 19.6. The van der Waals surface area contributed by atoms with Crippen molar-refractivity contribution in [2.24, 2.45) is 0 Å². The molecule has 1 aromatic heterocycles. The summed E-state index contributed by atoms with van der Waals surface area (Å²) in [5.41, 5.74) is 2.49. The van der Waals surface area contributed by atoms with Gasteiger partial charge in [0.25, 0.3) is 0 Å². The van der Waals surface area contributed by atoms with Crippen molar-refractivity contribution in [3.05, 3.63) is 29.6 Å². The summed E-state index contributed by atoms with van der Waals surface area (Å²) in [6, 6.07) is 6.57. The maximum atomic E-state index is 4.96. The summed E-state index contributed by atoms with van der Waals surface area (Å²) < 4.78 is 0. The Hall–Kier alpha value is -0.460. The molecule has 0 amide bonds. The average Bonchev–Trinajstić information content (AvgIpc) is 2.40. The highest BCUT2D eigenvalue weighted by molar-refractivity contribution is 7.60. The van der Waals surface area contributed by atoms with E-state index in [1.807, 2.05) is 0 Å². The summed E-state index contributed by atoms with van der Waals surface area (Å²) >= 11 is 0. The smallest absolute Gasteiger partial charge is 0.1000 e. The third-order valence-corrected chi connectivity index (χ3v) is 8.65. The van der Waals surface area contributed by atoms with E-state index in [-0.39, 0.29) is 0 Å².